The van der Waals surface area contributed by atoms with Crippen LogP contribution in [-0.4, -0.2) is 19.5 Å². The van der Waals surface area contributed by atoms with Crippen LogP contribution in [0.4, 0.5) is 0 Å². The molecule has 2 aromatic heterocycles. The van der Waals surface area contributed by atoms with Crippen LogP contribution in [0.5, 0.6) is 0 Å². The highest BCUT2D eigenvalue weighted by Crippen LogP contribution is 2.31. The summed E-state index contributed by atoms with van der Waals surface area (Å²) in [6.45, 7) is 0.620. The Bertz CT molecular complexity index is 968. The number of hydrogen-bond acceptors (Lipinski definition) is 5. The number of aromatic amines is 1. The van der Waals surface area contributed by atoms with Crippen molar-refractivity contribution in [3.05, 3.63) is 40.1 Å². The summed E-state index contributed by atoms with van der Waals surface area (Å²) in [5.74, 6) is 0. The molecule has 0 radical (unpaired) electrons. The molecular formula is C15H12Cl2N6S. The van der Waals surface area contributed by atoms with Crippen LogP contribution in [0.15, 0.2) is 34.6 Å². The van der Waals surface area contributed by atoms with E-state index in [0.717, 1.165) is 4.90 Å². The van der Waals surface area contributed by atoms with Gasteiger partial charge in [0.1, 0.15) is 5.52 Å². The number of benzene rings is 1. The summed E-state index contributed by atoms with van der Waals surface area (Å²) in [5, 5.41) is 18.3. The fourth-order valence-corrected chi connectivity index (χ4v) is 3.74. The molecule has 0 aliphatic heterocycles. The van der Waals surface area contributed by atoms with Gasteiger partial charge in [-0.2, -0.15) is 5.26 Å². The molecule has 0 unspecified atom stereocenters. The first kappa shape index (κ1) is 16.8. The largest absolute Gasteiger partial charge is 0.328 e. The van der Waals surface area contributed by atoms with Gasteiger partial charge in [0.2, 0.25) is 0 Å². The molecule has 0 spiro atoms. The molecule has 3 aromatic rings. The lowest BCUT2D eigenvalue weighted by molar-refractivity contribution is 0.651. The van der Waals surface area contributed by atoms with E-state index in [0.29, 0.717) is 45.8 Å². The van der Waals surface area contributed by atoms with Gasteiger partial charge in [-0.3, -0.25) is 5.41 Å². The van der Waals surface area contributed by atoms with Crippen molar-refractivity contribution >= 4 is 46.1 Å². The zero-order valence-corrected chi connectivity index (χ0v) is 14.7. The molecule has 0 saturated carbocycles. The molecule has 0 aliphatic carbocycles. The number of nitrogens with one attached hydrogen (secondary N) is 2. The lowest BCUT2D eigenvalue weighted by Crippen LogP contribution is -2.12. The molecule has 9 heteroatoms. The third kappa shape index (κ3) is 3.73. The summed E-state index contributed by atoms with van der Waals surface area (Å²) < 4.78 is 1.84. The van der Waals surface area contributed by atoms with Gasteiger partial charge in [0.05, 0.1) is 12.4 Å². The number of aromatic nitrogens is 4. The standard InChI is InChI=1S/C15H12Cl2N6S/c16-9-5-10(17)7-11(6-9)24-15-21-12-13(19)20-8-23(14(12)22-15)4-2-1-3-18/h5-8,19H,1-2,4H2,(H,21,22). The Hall–Kier alpha value is -2.01. The minimum absolute atomic E-state index is 0.130. The molecule has 1 aromatic carbocycles. The van der Waals surface area contributed by atoms with E-state index in [-0.39, 0.29) is 5.49 Å². The second-order valence-corrected chi connectivity index (χ2v) is 6.93. The number of hydrogen-bond donors (Lipinski definition) is 2. The number of nitriles is 1. The van der Waals surface area contributed by atoms with Crippen LogP contribution in [0.1, 0.15) is 12.8 Å². The van der Waals surface area contributed by atoms with E-state index >= 15 is 0 Å². The third-order valence-electron chi connectivity index (χ3n) is 3.24. The van der Waals surface area contributed by atoms with E-state index in [1.807, 2.05) is 4.57 Å². The number of imidazole rings is 1. The lowest BCUT2D eigenvalue weighted by atomic mass is 10.3. The number of aryl methyl sites for hydroxylation is 1. The average molecular weight is 379 g/mol. The zero-order chi connectivity index (χ0) is 17.1. The van der Waals surface area contributed by atoms with Gasteiger partial charge < -0.3 is 9.55 Å². The molecule has 0 amide bonds. The second-order valence-electron chi connectivity index (χ2n) is 5.00. The van der Waals surface area contributed by atoms with Crippen molar-refractivity contribution in [3.63, 3.8) is 0 Å². The Morgan fingerprint density at radius 3 is 2.75 bits per heavy atom. The van der Waals surface area contributed by atoms with Crippen molar-refractivity contribution in [2.24, 2.45) is 0 Å². The molecule has 122 valence electrons. The number of unbranched alkanes of at least 4 members (excludes halogenated alkanes) is 1. The Morgan fingerprint density at radius 2 is 2.04 bits per heavy atom. The van der Waals surface area contributed by atoms with Crippen molar-refractivity contribution in [2.75, 3.05) is 0 Å². The maximum atomic E-state index is 8.66. The van der Waals surface area contributed by atoms with E-state index in [1.165, 1.54) is 11.8 Å². The average Bonchev–Trinajstić information content (AvgIpc) is 2.93. The molecule has 2 heterocycles. The Labute approximate surface area is 152 Å². The van der Waals surface area contributed by atoms with E-state index in [9.17, 15) is 0 Å². The minimum atomic E-state index is 0.130. The van der Waals surface area contributed by atoms with Gasteiger partial charge in [-0.05, 0) is 24.6 Å². The summed E-state index contributed by atoms with van der Waals surface area (Å²) in [4.78, 5) is 12.6. The van der Waals surface area contributed by atoms with Crippen molar-refractivity contribution in [1.82, 2.24) is 19.5 Å². The summed E-state index contributed by atoms with van der Waals surface area (Å²) in [5.41, 5.74) is 1.33. The van der Waals surface area contributed by atoms with Crippen molar-refractivity contribution in [1.29, 1.82) is 10.7 Å². The monoisotopic (exact) mass is 378 g/mol. The summed E-state index contributed by atoms with van der Waals surface area (Å²) >= 11 is 13.4. The second kappa shape index (κ2) is 7.26. The van der Waals surface area contributed by atoms with E-state index < -0.39 is 0 Å². The Balaban J connectivity index is 1.95. The van der Waals surface area contributed by atoms with Crippen molar-refractivity contribution in [2.45, 2.75) is 29.4 Å². The third-order valence-corrected chi connectivity index (χ3v) is 4.53. The van der Waals surface area contributed by atoms with Gasteiger partial charge in [0, 0.05) is 27.9 Å². The Morgan fingerprint density at radius 1 is 1.29 bits per heavy atom. The highest BCUT2D eigenvalue weighted by Gasteiger charge is 2.11. The number of nitrogens with zero attached hydrogens (tertiary/aromatic N) is 4. The number of fused-ring (bicyclic) bond motifs is 1. The topological polar surface area (TPSA) is 94.1 Å². The number of H-pyrrole nitrogens is 1. The lowest BCUT2D eigenvalue weighted by Gasteiger charge is -2.04. The summed E-state index contributed by atoms with van der Waals surface area (Å²) in [6.07, 6.45) is 2.74. The van der Waals surface area contributed by atoms with Gasteiger partial charge in [-0.1, -0.05) is 35.0 Å². The first-order valence-electron chi connectivity index (χ1n) is 7.07. The maximum Gasteiger partial charge on any atom is 0.173 e. The molecule has 0 fully saturated rings. The molecule has 0 saturated heterocycles. The Kier molecular flexibility index (Phi) is 5.09. The molecule has 0 atom stereocenters. The van der Waals surface area contributed by atoms with Gasteiger partial charge >= 0.3 is 0 Å². The minimum Gasteiger partial charge on any atom is -0.328 e. The van der Waals surface area contributed by atoms with Crippen LogP contribution in [0.3, 0.4) is 0 Å². The number of halogens is 2. The highest BCUT2D eigenvalue weighted by molar-refractivity contribution is 7.99. The van der Waals surface area contributed by atoms with Gasteiger partial charge in [-0.25, -0.2) is 9.97 Å². The predicted molar refractivity (Wildman–Crippen MR) is 93.2 cm³/mol. The highest BCUT2D eigenvalue weighted by atomic mass is 35.5. The molecule has 2 N–H and O–H groups in total. The number of rotatable bonds is 5. The van der Waals surface area contributed by atoms with Crippen LogP contribution in [0.25, 0.3) is 11.2 Å². The van der Waals surface area contributed by atoms with Gasteiger partial charge in [0.15, 0.2) is 16.3 Å². The summed E-state index contributed by atoms with van der Waals surface area (Å²) in [7, 11) is 0. The van der Waals surface area contributed by atoms with Crippen LogP contribution in [0, 0.1) is 16.7 Å². The predicted octanol–water partition coefficient (Wildman–Crippen LogP) is 4.00. The van der Waals surface area contributed by atoms with Crippen LogP contribution in [-0.2, 0) is 6.54 Å². The van der Waals surface area contributed by atoms with E-state index in [2.05, 4.69) is 21.0 Å². The van der Waals surface area contributed by atoms with Gasteiger partial charge in [-0.15, -0.1) is 0 Å². The quantitative estimate of drug-likeness (QED) is 0.655. The SMILES string of the molecule is N#CCCCn1cnc(=N)c2[nH]c(Sc3cc(Cl)cc(Cl)c3)nc21. The van der Waals surface area contributed by atoms with Crippen LogP contribution >= 0.6 is 35.0 Å². The van der Waals surface area contributed by atoms with E-state index in [4.69, 9.17) is 33.9 Å². The van der Waals surface area contributed by atoms with Crippen LogP contribution < -0.4 is 5.49 Å². The molecule has 0 aliphatic rings. The normalized spacial score (nSPS) is 10.9. The first-order chi connectivity index (χ1) is 11.6. The van der Waals surface area contributed by atoms with Crippen LogP contribution in [0.2, 0.25) is 10.0 Å². The van der Waals surface area contributed by atoms with Gasteiger partial charge in [0.25, 0.3) is 0 Å². The fraction of sp³-hybridized carbons (Fsp3) is 0.200. The molecular weight excluding hydrogens is 367 g/mol. The van der Waals surface area contributed by atoms with Crippen molar-refractivity contribution < 1.29 is 0 Å². The van der Waals surface area contributed by atoms with Crippen molar-refractivity contribution in [3.8, 4) is 6.07 Å². The summed E-state index contributed by atoms with van der Waals surface area (Å²) in [6, 6.07) is 7.38. The molecule has 3 rings (SSSR count). The fourth-order valence-electron chi connectivity index (χ4n) is 2.20. The first-order valence-corrected chi connectivity index (χ1v) is 8.64. The molecule has 24 heavy (non-hydrogen) atoms. The maximum absolute atomic E-state index is 8.66. The molecule has 0 bridgehead atoms. The molecule has 6 nitrogen and oxygen atoms in total. The zero-order valence-electron chi connectivity index (χ0n) is 12.4. The van der Waals surface area contributed by atoms with E-state index in [1.54, 1.807) is 24.5 Å². The smallest absolute Gasteiger partial charge is 0.173 e.